The normalized spacial score (nSPS) is 52.2. The summed E-state index contributed by atoms with van der Waals surface area (Å²) in [6, 6.07) is 0. The largest absolute Gasteiger partial charge is 0.454 e. The summed E-state index contributed by atoms with van der Waals surface area (Å²) in [5.41, 5.74) is 0. The van der Waals surface area contributed by atoms with Crippen molar-refractivity contribution in [3.63, 3.8) is 0 Å². The molecule has 68 valence electrons. The first-order valence-corrected chi connectivity index (χ1v) is 3.51. The number of aliphatic hydroxyl groups is 3. The molecule has 5 atom stereocenters. The smallest absolute Gasteiger partial charge is 0.338 e. The highest BCUT2D eigenvalue weighted by Crippen LogP contribution is 2.29. The number of ether oxygens (including phenoxy) is 2. The first kappa shape index (κ1) is 7.93. The van der Waals surface area contributed by atoms with Gasteiger partial charge in [-0.1, -0.05) is 0 Å². The molecule has 1 unspecified atom stereocenters. The van der Waals surface area contributed by atoms with Crippen LogP contribution in [0, 0.1) is 0 Å². The fourth-order valence-corrected chi connectivity index (χ4v) is 1.38. The lowest BCUT2D eigenvalue weighted by atomic mass is 10.0. The van der Waals surface area contributed by atoms with Gasteiger partial charge < -0.3 is 24.8 Å². The van der Waals surface area contributed by atoms with E-state index in [0.29, 0.717) is 0 Å². The molecule has 2 bridgehead atoms. The van der Waals surface area contributed by atoms with Crippen LogP contribution in [0.25, 0.3) is 0 Å². The number of aliphatic hydroxyl groups excluding tert-OH is 3. The number of hydrogen-bond donors (Lipinski definition) is 3. The molecule has 2 aliphatic heterocycles. The second-order valence-electron chi connectivity index (χ2n) is 2.83. The van der Waals surface area contributed by atoms with E-state index in [4.69, 9.17) is 10.2 Å². The van der Waals surface area contributed by atoms with Crippen molar-refractivity contribution >= 4 is 5.97 Å². The molecule has 0 radical (unpaired) electrons. The summed E-state index contributed by atoms with van der Waals surface area (Å²) in [7, 11) is 0. The summed E-state index contributed by atoms with van der Waals surface area (Å²) < 4.78 is 9.15. The molecular weight excluding hydrogens is 168 g/mol. The summed E-state index contributed by atoms with van der Waals surface area (Å²) in [6.45, 7) is 0. The standard InChI is InChI=1S/C6H8O6/c7-1-3-2(8)5(9)12-4(1)6(10)11-3/h1-5,7-9H/t1-,2-,3-,4-,5?/m0/s1. The Labute approximate surface area is 67.3 Å². The molecule has 0 aromatic heterocycles. The molecule has 0 saturated carbocycles. The number of carbonyl (C=O) groups is 1. The van der Waals surface area contributed by atoms with Crippen molar-refractivity contribution in [1.29, 1.82) is 0 Å². The maximum absolute atomic E-state index is 10.8. The molecule has 2 aliphatic rings. The summed E-state index contributed by atoms with van der Waals surface area (Å²) in [4.78, 5) is 10.8. The van der Waals surface area contributed by atoms with Crippen LogP contribution in [-0.2, 0) is 14.3 Å². The summed E-state index contributed by atoms with van der Waals surface area (Å²) >= 11 is 0. The van der Waals surface area contributed by atoms with E-state index in [2.05, 4.69) is 9.47 Å². The van der Waals surface area contributed by atoms with Gasteiger partial charge in [0, 0.05) is 0 Å². The van der Waals surface area contributed by atoms with Crippen LogP contribution in [0.4, 0.5) is 0 Å². The number of fused-ring (bicyclic) bond motifs is 2. The number of rotatable bonds is 0. The Morgan fingerprint density at radius 3 is 2.50 bits per heavy atom. The summed E-state index contributed by atoms with van der Waals surface area (Å²) in [5.74, 6) is -0.747. The van der Waals surface area contributed by atoms with E-state index in [1.807, 2.05) is 0 Å². The molecule has 0 aromatic rings. The van der Waals surface area contributed by atoms with Crippen LogP contribution in [0.5, 0.6) is 0 Å². The molecular formula is C6H8O6. The molecule has 6 nitrogen and oxygen atoms in total. The third kappa shape index (κ3) is 0.862. The SMILES string of the molecule is O=C1O[C@H]2[C@H](O)[C@@H]1OC(O)[C@H]2O. The fourth-order valence-electron chi connectivity index (χ4n) is 1.38. The summed E-state index contributed by atoms with van der Waals surface area (Å²) in [6.07, 6.45) is -6.24. The Bertz CT molecular complexity index is 216. The second kappa shape index (κ2) is 2.40. The average molecular weight is 176 g/mol. The number of carbonyl (C=O) groups excluding carboxylic acids is 1. The Kier molecular flexibility index (Phi) is 1.58. The fraction of sp³-hybridized carbons (Fsp3) is 0.833. The van der Waals surface area contributed by atoms with Gasteiger partial charge in [-0.05, 0) is 0 Å². The third-order valence-electron chi connectivity index (χ3n) is 2.05. The molecule has 0 spiro atoms. The predicted molar refractivity (Wildman–Crippen MR) is 32.8 cm³/mol. The highest BCUT2D eigenvalue weighted by Gasteiger charge is 2.55. The van der Waals surface area contributed by atoms with Gasteiger partial charge in [-0.15, -0.1) is 0 Å². The van der Waals surface area contributed by atoms with Crippen LogP contribution in [0.2, 0.25) is 0 Å². The van der Waals surface area contributed by atoms with Gasteiger partial charge in [0.05, 0.1) is 0 Å². The molecule has 3 N–H and O–H groups in total. The second-order valence-corrected chi connectivity index (χ2v) is 2.83. The summed E-state index contributed by atoms with van der Waals surface area (Å²) in [5, 5.41) is 27.3. The lowest BCUT2D eigenvalue weighted by molar-refractivity contribution is -0.242. The van der Waals surface area contributed by atoms with E-state index in [-0.39, 0.29) is 0 Å². The van der Waals surface area contributed by atoms with Gasteiger partial charge in [-0.2, -0.15) is 0 Å². The van der Waals surface area contributed by atoms with E-state index in [1.165, 1.54) is 0 Å². The van der Waals surface area contributed by atoms with Crippen molar-refractivity contribution in [2.75, 3.05) is 0 Å². The van der Waals surface area contributed by atoms with Crippen molar-refractivity contribution < 1.29 is 29.6 Å². The molecule has 6 heteroatoms. The molecule has 2 fully saturated rings. The van der Waals surface area contributed by atoms with Crippen molar-refractivity contribution in [3.05, 3.63) is 0 Å². The average Bonchev–Trinajstić information content (AvgIpc) is 2.23. The molecule has 0 amide bonds. The zero-order chi connectivity index (χ0) is 8.88. The van der Waals surface area contributed by atoms with Gasteiger partial charge >= 0.3 is 5.97 Å². The maximum Gasteiger partial charge on any atom is 0.338 e. The van der Waals surface area contributed by atoms with Crippen molar-refractivity contribution in [1.82, 2.24) is 0 Å². The minimum atomic E-state index is -1.46. The van der Waals surface area contributed by atoms with Gasteiger partial charge in [0.15, 0.2) is 18.5 Å². The predicted octanol–water partition coefficient (Wildman–Crippen LogP) is -2.65. The first-order chi connectivity index (χ1) is 5.61. The minimum absolute atomic E-state index is 0.747. The Balaban J connectivity index is 2.25. The van der Waals surface area contributed by atoms with Crippen LogP contribution >= 0.6 is 0 Å². The van der Waals surface area contributed by atoms with Crippen LogP contribution in [0.1, 0.15) is 0 Å². The van der Waals surface area contributed by atoms with Gasteiger partial charge in [0.2, 0.25) is 0 Å². The van der Waals surface area contributed by atoms with E-state index in [1.54, 1.807) is 0 Å². The molecule has 2 saturated heterocycles. The van der Waals surface area contributed by atoms with Gasteiger partial charge in [0.1, 0.15) is 12.2 Å². The van der Waals surface area contributed by atoms with Crippen molar-refractivity contribution in [2.24, 2.45) is 0 Å². The zero-order valence-electron chi connectivity index (χ0n) is 5.95. The highest BCUT2D eigenvalue weighted by molar-refractivity contribution is 5.78. The van der Waals surface area contributed by atoms with E-state index >= 15 is 0 Å². The van der Waals surface area contributed by atoms with Crippen LogP contribution in [0.3, 0.4) is 0 Å². The number of hydrogen-bond acceptors (Lipinski definition) is 6. The lowest BCUT2D eigenvalue weighted by Crippen LogP contribution is -2.53. The minimum Gasteiger partial charge on any atom is -0.454 e. The molecule has 2 heterocycles. The Morgan fingerprint density at radius 2 is 1.83 bits per heavy atom. The Hall–Kier alpha value is -0.690. The van der Waals surface area contributed by atoms with Crippen LogP contribution in [-0.4, -0.2) is 52.0 Å². The molecule has 0 aliphatic carbocycles. The van der Waals surface area contributed by atoms with Crippen molar-refractivity contribution in [2.45, 2.75) is 30.7 Å². The first-order valence-electron chi connectivity index (χ1n) is 3.51. The van der Waals surface area contributed by atoms with E-state index in [0.717, 1.165) is 0 Å². The number of esters is 1. The van der Waals surface area contributed by atoms with Gasteiger partial charge in [-0.25, -0.2) is 4.79 Å². The maximum atomic E-state index is 10.8. The molecule has 2 rings (SSSR count). The third-order valence-corrected chi connectivity index (χ3v) is 2.05. The molecule has 12 heavy (non-hydrogen) atoms. The van der Waals surface area contributed by atoms with Crippen LogP contribution in [0.15, 0.2) is 0 Å². The van der Waals surface area contributed by atoms with E-state index < -0.39 is 36.7 Å². The highest BCUT2D eigenvalue weighted by atomic mass is 16.7. The van der Waals surface area contributed by atoms with Gasteiger partial charge in [0.25, 0.3) is 0 Å². The topological polar surface area (TPSA) is 96.2 Å². The molecule has 0 aromatic carbocycles. The van der Waals surface area contributed by atoms with Crippen LogP contribution < -0.4 is 0 Å². The Morgan fingerprint density at radius 1 is 1.17 bits per heavy atom. The monoisotopic (exact) mass is 176 g/mol. The zero-order valence-corrected chi connectivity index (χ0v) is 5.95. The van der Waals surface area contributed by atoms with E-state index in [9.17, 15) is 9.90 Å². The lowest BCUT2D eigenvalue weighted by Gasteiger charge is -2.30. The van der Waals surface area contributed by atoms with Gasteiger partial charge in [-0.3, -0.25) is 0 Å². The van der Waals surface area contributed by atoms with Crippen molar-refractivity contribution in [3.8, 4) is 0 Å². The quantitative estimate of drug-likeness (QED) is 0.349.